The highest BCUT2D eigenvalue weighted by Gasteiger charge is 2.34. The second kappa shape index (κ2) is 6.86. The Hall–Kier alpha value is -1.30. The first-order valence-electron chi connectivity index (χ1n) is 7.30. The van der Waals surface area contributed by atoms with Gasteiger partial charge in [0.05, 0.1) is 12.8 Å². The second-order valence-electron chi connectivity index (χ2n) is 5.48. The van der Waals surface area contributed by atoms with Gasteiger partial charge < -0.3 is 15.8 Å². The van der Waals surface area contributed by atoms with Gasteiger partial charge >= 0.3 is 0 Å². The number of rotatable bonds is 4. The summed E-state index contributed by atoms with van der Waals surface area (Å²) in [5.74, 6) is 0.862. The first-order valence-corrected chi connectivity index (χ1v) is 8.12. The van der Waals surface area contributed by atoms with Crippen LogP contribution in [-0.4, -0.2) is 18.6 Å². The lowest BCUT2D eigenvalue weighted by molar-refractivity contribution is 0.379. The fourth-order valence-corrected chi connectivity index (χ4v) is 4.04. The summed E-state index contributed by atoms with van der Waals surface area (Å²) in [5, 5.41) is 4.31. The van der Waals surface area contributed by atoms with E-state index in [1.165, 1.54) is 10.6 Å². The highest BCUT2D eigenvalue weighted by molar-refractivity contribution is 7.15. The largest absolute Gasteiger partial charge is 0.497 e. The lowest BCUT2D eigenvalue weighted by atomic mass is 9.78. The monoisotopic (exact) mass is 339 g/mol. The number of anilines is 1. The Morgan fingerprint density at radius 3 is 3.00 bits per heavy atom. The van der Waals surface area contributed by atoms with Crippen LogP contribution in [0.5, 0.6) is 5.75 Å². The molecule has 4 nitrogen and oxygen atoms in total. The molecular weight excluding hydrogens is 318 g/mol. The zero-order valence-corrected chi connectivity index (χ0v) is 14.5. The van der Waals surface area contributed by atoms with E-state index >= 15 is 0 Å². The van der Waals surface area contributed by atoms with Crippen LogP contribution in [0.15, 0.2) is 24.3 Å². The van der Waals surface area contributed by atoms with Crippen LogP contribution in [0.2, 0.25) is 0 Å². The van der Waals surface area contributed by atoms with Gasteiger partial charge in [0, 0.05) is 23.4 Å². The third-order valence-corrected chi connectivity index (χ3v) is 5.09. The number of aryl methyl sites for hydroxylation is 1. The third kappa shape index (κ3) is 3.21. The number of nitrogens with one attached hydrogen (secondary N) is 1. The Labute approximate surface area is 141 Å². The molecule has 6 heteroatoms. The van der Waals surface area contributed by atoms with Crippen molar-refractivity contribution in [3.05, 3.63) is 40.4 Å². The molecule has 1 aliphatic rings. The van der Waals surface area contributed by atoms with Crippen molar-refractivity contribution in [3.63, 3.8) is 0 Å². The molecule has 0 spiro atoms. The van der Waals surface area contributed by atoms with Crippen LogP contribution >= 0.6 is 23.7 Å². The molecule has 1 atom stereocenters. The molecule has 3 N–H and O–H groups in total. The molecule has 0 aliphatic heterocycles. The molecule has 0 saturated heterocycles. The van der Waals surface area contributed by atoms with E-state index < -0.39 is 0 Å². The van der Waals surface area contributed by atoms with Crippen LogP contribution in [0.25, 0.3) is 0 Å². The molecule has 0 bridgehead atoms. The van der Waals surface area contributed by atoms with Crippen molar-refractivity contribution in [3.8, 4) is 5.75 Å². The van der Waals surface area contributed by atoms with E-state index in [0.29, 0.717) is 0 Å². The molecule has 0 saturated carbocycles. The molecule has 22 heavy (non-hydrogen) atoms. The van der Waals surface area contributed by atoms with Gasteiger partial charge in [-0.05, 0) is 37.5 Å². The molecular formula is C16H22ClN3OS. The zero-order chi connectivity index (χ0) is 14.9. The van der Waals surface area contributed by atoms with Crippen molar-refractivity contribution in [1.29, 1.82) is 0 Å². The number of nitrogens with zero attached hydrogens (tertiary/aromatic N) is 1. The summed E-state index contributed by atoms with van der Waals surface area (Å²) in [6, 6.07) is 8.11. The smallest absolute Gasteiger partial charge is 0.183 e. The molecule has 2 aromatic rings. The first kappa shape index (κ1) is 17.1. The van der Waals surface area contributed by atoms with Crippen LogP contribution < -0.4 is 15.8 Å². The van der Waals surface area contributed by atoms with E-state index in [1.54, 1.807) is 18.4 Å². The Morgan fingerprint density at radius 2 is 2.27 bits per heavy atom. The fourth-order valence-electron chi connectivity index (χ4n) is 2.84. The zero-order valence-electron chi connectivity index (χ0n) is 12.9. The molecule has 1 heterocycles. The summed E-state index contributed by atoms with van der Waals surface area (Å²) in [6.45, 7) is 2.99. The SMILES string of the molecule is CCNc1nc2c(s1)CC(N)(c1cccc(OC)c1)CC2.Cl. The minimum atomic E-state index is -0.322. The van der Waals surface area contributed by atoms with Crippen molar-refractivity contribution < 1.29 is 4.74 Å². The van der Waals surface area contributed by atoms with E-state index in [0.717, 1.165) is 42.3 Å². The number of aromatic nitrogens is 1. The predicted molar refractivity (Wildman–Crippen MR) is 94.4 cm³/mol. The van der Waals surface area contributed by atoms with E-state index in [1.807, 2.05) is 12.1 Å². The number of ether oxygens (including phenoxy) is 1. The summed E-state index contributed by atoms with van der Waals surface area (Å²) < 4.78 is 5.32. The van der Waals surface area contributed by atoms with Crippen molar-refractivity contribution in [2.75, 3.05) is 19.0 Å². The van der Waals surface area contributed by atoms with Crippen LogP contribution in [0.3, 0.4) is 0 Å². The van der Waals surface area contributed by atoms with Gasteiger partial charge in [-0.1, -0.05) is 12.1 Å². The topological polar surface area (TPSA) is 60.2 Å². The molecule has 1 unspecified atom stereocenters. The van der Waals surface area contributed by atoms with Gasteiger partial charge in [-0.15, -0.1) is 23.7 Å². The van der Waals surface area contributed by atoms with Crippen LogP contribution in [-0.2, 0) is 18.4 Å². The summed E-state index contributed by atoms with van der Waals surface area (Å²) >= 11 is 1.73. The van der Waals surface area contributed by atoms with Crippen molar-refractivity contribution >= 4 is 28.9 Å². The van der Waals surface area contributed by atoms with E-state index in [9.17, 15) is 0 Å². The number of halogens is 1. The Bertz CT molecular complexity index is 646. The maximum absolute atomic E-state index is 6.70. The number of nitrogens with two attached hydrogens (primary N) is 1. The van der Waals surface area contributed by atoms with Crippen LogP contribution in [0, 0.1) is 0 Å². The normalized spacial score (nSPS) is 20.0. The van der Waals surface area contributed by atoms with Gasteiger partial charge in [-0.25, -0.2) is 4.98 Å². The lowest BCUT2D eigenvalue weighted by Gasteiger charge is -2.33. The minimum absolute atomic E-state index is 0. The fraction of sp³-hybridized carbons (Fsp3) is 0.438. The number of thiazole rings is 1. The van der Waals surface area contributed by atoms with Crippen LogP contribution in [0.1, 0.15) is 29.5 Å². The molecule has 120 valence electrons. The molecule has 1 aromatic heterocycles. The number of methoxy groups -OCH3 is 1. The van der Waals surface area contributed by atoms with Crippen molar-refractivity contribution in [2.24, 2.45) is 5.73 Å². The maximum atomic E-state index is 6.70. The Kier molecular flexibility index (Phi) is 5.32. The molecule has 0 fully saturated rings. The lowest BCUT2D eigenvalue weighted by Crippen LogP contribution is -2.41. The predicted octanol–water partition coefficient (Wildman–Crippen LogP) is 3.35. The molecule has 3 rings (SSSR count). The van der Waals surface area contributed by atoms with E-state index in [2.05, 4.69) is 29.4 Å². The van der Waals surface area contributed by atoms with Gasteiger partial charge in [-0.3, -0.25) is 0 Å². The van der Waals surface area contributed by atoms with Gasteiger partial charge in [-0.2, -0.15) is 0 Å². The van der Waals surface area contributed by atoms with E-state index in [4.69, 9.17) is 10.5 Å². The maximum Gasteiger partial charge on any atom is 0.183 e. The van der Waals surface area contributed by atoms with E-state index in [-0.39, 0.29) is 17.9 Å². The van der Waals surface area contributed by atoms with Crippen LogP contribution in [0.4, 0.5) is 5.13 Å². The summed E-state index contributed by atoms with van der Waals surface area (Å²) in [4.78, 5) is 5.97. The first-order chi connectivity index (χ1) is 10.1. The summed E-state index contributed by atoms with van der Waals surface area (Å²) in [5.41, 5.74) is 8.74. The standard InChI is InChI=1S/C16H21N3OS.ClH/c1-3-18-15-19-13-7-8-16(17,10-14(13)21-15)11-5-4-6-12(9-11)20-2;/h4-6,9H,3,7-8,10,17H2,1-2H3,(H,18,19);1H. The van der Waals surface area contributed by atoms with Gasteiger partial charge in [0.2, 0.25) is 0 Å². The minimum Gasteiger partial charge on any atom is -0.497 e. The second-order valence-corrected chi connectivity index (χ2v) is 6.57. The quantitative estimate of drug-likeness (QED) is 0.896. The average molecular weight is 340 g/mol. The van der Waals surface area contributed by atoms with Gasteiger partial charge in [0.1, 0.15) is 5.75 Å². The highest BCUT2D eigenvalue weighted by atomic mass is 35.5. The summed E-state index contributed by atoms with van der Waals surface area (Å²) in [7, 11) is 1.69. The summed E-state index contributed by atoms with van der Waals surface area (Å²) in [6.07, 6.45) is 2.70. The molecule has 1 aliphatic carbocycles. The Balaban J connectivity index is 0.00000176. The number of fused-ring (bicyclic) bond motifs is 1. The Morgan fingerprint density at radius 1 is 1.45 bits per heavy atom. The average Bonchev–Trinajstić information content (AvgIpc) is 2.89. The molecule has 1 aromatic carbocycles. The van der Waals surface area contributed by atoms with Crippen molar-refractivity contribution in [2.45, 2.75) is 31.7 Å². The number of hydrogen-bond acceptors (Lipinski definition) is 5. The van der Waals surface area contributed by atoms with Crippen molar-refractivity contribution in [1.82, 2.24) is 4.98 Å². The van der Waals surface area contributed by atoms with Gasteiger partial charge in [0.25, 0.3) is 0 Å². The number of hydrogen-bond donors (Lipinski definition) is 2. The highest BCUT2D eigenvalue weighted by Crippen LogP contribution is 2.39. The molecule has 0 radical (unpaired) electrons. The number of benzene rings is 1. The molecule has 0 amide bonds. The van der Waals surface area contributed by atoms with Gasteiger partial charge in [0.15, 0.2) is 5.13 Å². The third-order valence-electron chi connectivity index (χ3n) is 4.03.